The fourth-order valence-corrected chi connectivity index (χ4v) is 3.46. The summed E-state index contributed by atoms with van der Waals surface area (Å²) in [5.41, 5.74) is 3.85. The number of nitrogens with zero attached hydrogens (tertiary/aromatic N) is 1. The van der Waals surface area contributed by atoms with E-state index >= 15 is 0 Å². The summed E-state index contributed by atoms with van der Waals surface area (Å²) in [7, 11) is 0. The van der Waals surface area contributed by atoms with Gasteiger partial charge >= 0.3 is 0 Å². The van der Waals surface area contributed by atoms with Gasteiger partial charge in [-0.1, -0.05) is 25.3 Å². The molecule has 2 aliphatic rings. The van der Waals surface area contributed by atoms with Crippen LogP contribution in [0.5, 0.6) is 0 Å². The van der Waals surface area contributed by atoms with Gasteiger partial charge < -0.3 is 4.98 Å². The zero-order valence-corrected chi connectivity index (χ0v) is 12.1. The molecule has 1 aromatic carbocycles. The number of aromatic nitrogens is 2. The van der Waals surface area contributed by atoms with Gasteiger partial charge in [0.2, 0.25) is 0 Å². The lowest BCUT2D eigenvalue weighted by Gasteiger charge is -2.20. The highest BCUT2D eigenvalue weighted by Crippen LogP contribution is 2.40. The van der Waals surface area contributed by atoms with Crippen molar-refractivity contribution in [3.8, 4) is 0 Å². The first-order valence-corrected chi connectivity index (χ1v) is 8.20. The van der Waals surface area contributed by atoms with E-state index in [1.54, 1.807) is 5.92 Å². The van der Waals surface area contributed by atoms with Crippen LogP contribution in [0.3, 0.4) is 0 Å². The molecule has 4 rings (SSSR count). The van der Waals surface area contributed by atoms with Gasteiger partial charge in [-0.2, -0.15) is 0 Å². The Bertz CT molecular complexity index is 588. The van der Waals surface area contributed by atoms with Gasteiger partial charge in [-0.15, -0.1) is 0 Å². The molecular weight excluding hydrogens is 244 g/mol. The Kier molecular flexibility index (Phi) is 3.25. The first-order valence-electron chi connectivity index (χ1n) is 8.20. The maximum absolute atomic E-state index is 4.80. The molecule has 2 aliphatic carbocycles. The lowest BCUT2D eigenvalue weighted by molar-refractivity contribution is 0.503. The van der Waals surface area contributed by atoms with Crippen molar-refractivity contribution < 1.29 is 0 Å². The van der Waals surface area contributed by atoms with Gasteiger partial charge in [-0.05, 0) is 61.6 Å². The largest absolute Gasteiger partial charge is 0.342 e. The Morgan fingerprint density at radius 3 is 2.70 bits per heavy atom. The van der Waals surface area contributed by atoms with Crippen LogP contribution >= 0.6 is 0 Å². The van der Waals surface area contributed by atoms with E-state index < -0.39 is 0 Å². The molecule has 0 aliphatic heterocycles. The van der Waals surface area contributed by atoms with Gasteiger partial charge in [0.15, 0.2) is 0 Å². The summed E-state index contributed by atoms with van der Waals surface area (Å²) in [5, 5.41) is 0. The molecule has 0 spiro atoms. The summed E-state index contributed by atoms with van der Waals surface area (Å²) >= 11 is 0. The zero-order valence-electron chi connectivity index (χ0n) is 12.1. The molecule has 0 amide bonds. The van der Waals surface area contributed by atoms with Crippen molar-refractivity contribution in [1.29, 1.82) is 0 Å². The zero-order chi connectivity index (χ0) is 13.4. The van der Waals surface area contributed by atoms with Crippen molar-refractivity contribution in [3.63, 3.8) is 0 Å². The highest BCUT2D eigenvalue weighted by Gasteiger charge is 2.23. The molecule has 2 fully saturated rings. The molecule has 1 aromatic heterocycles. The Morgan fingerprint density at radius 1 is 1.05 bits per heavy atom. The molecule has 1 heterocycles. The second-order valence-electron chi connectivity index (χ2n) is 6.55. The normalized spacial score (nSPS) is 20.6. The fourth-order valence-electron chi connectivity index (χ4n) is 3.46. The third-order valence-corrected chi connectivity index (χ3v) is 4.88. The van der Waals surface area contributed by atoms with Crippen molar-refractivity contribution in [2.24, 2.45) is 0 Å². The van der Waals surface area contributed by atoms with E-state index in [-0.39, 0.29) is 0 Å². The van der Waals surface area contributed by atoms with E-state index in [9.17, 15) is 0 Å². The molecule has 105 valence electrons. The van der Waals surface area contributed by atoms with Gasteiger partial charge in [0.1, 0.15) is 5.82 Å². The standard InChI is InChI=1S/C18H23N2/c1-2-4-13(5-3-1)6-11-18-19-16-10-9-15(14-7-8-14)12-17(16)20-18/h9-10,12,14H,1-8,11H2,(H,19,20). The van der Waals surface area contributed by atoms with Gasteiger partial charge in [-0.3, -0.25) is 0 Å². The van der Waals surface area contributed by atoms with E-state index in [1.165, 1.54) is 68.3 Å². The first kappa shape index (κ1) is 12.4. The molecule has 20 heavy (non-hydrogen) atoms. The number of nitrogens with one attached hydrogen (secondary N) is 1. The van der Waals surface area contributed by atoms with Gasteiger partial charge in [-0.25, -0.2) is 4.98 Å². The summed E-state index contributed by atoms with van der Waals surface area (Å²) in [4.78, 5) is 8.30. The highest BCUT2D eigenvalue weighted by molar-refractivity contribution is 5.76. The molecule has 0 atom stereocenters. The van der Waals surface area contributed by atoms with Crippen molar-refractivity contribution in [3.05, 3.63) is 35.5 Å². The summed E-state index contributed by atoms with van der Waals surface area (Å²) in [6.07, 6.45) is 12.0. The van der Waals surface area contributed by atoms with Crippen LogP contribution in [0.4, 0.5) is 0 Å². The Morgan fingerprint density at radius 2 is 1.90 bits per heavy atom. The number of hydrogen-bond acceptors (Lipinski definition) is 1. The second kappa shape index (κ2) is 5.23. The van der Waals surface area contributed by atoms with E-state index in [0.29, 0.717) is 0 Å². The van der Waals surface area contributed by atoms with E-state index in [1.807, 2.05) is 0 Å². The predicted molar refractivity (Wildman–Crippen MR) is 82.7 cm³/mol. The number of aromatic amines is 1. The number of rotatable bonds is 4. The maximum Gasteiger partial charge on any atom is 0.107 e. The summed E-state index contributed by atoms with van der Waals surface area (Å²) in [5.74, 6) is 3.75. The number of imidazole rings is 1. The maximum atomic E-state index is 4.80. The fraction of sp³-hybridized carbons (Fsp3) is 0.556. The molecule has 2 saturated carbocycles. The molecule has 2 nitrogen and oxygen atoms in total. The van der Waals surface area contributed by atoms with Crippen LogP contribution < -0.4 is 0 Å². The third-order valence-electron chi connectivity index (χ3n) is 4.88. The van der Waals surface area contributed by atoms with Crippen molar-refractivity contribution >= 4 is 11.0 Å². The van der Waals surface area contributed by atoms with Crippen LogP contribution in [-0.2, 0) is 6.42 Å². The monoisotopic (exact) mass is 267 g/mol. The average Bonchev–Trinajstić information content (AvgIpc) is 3.26. The minimum absolute atomic E-state index is 0.817. The minimum atomic E-state index is 0.817. The smallest absolute Gasteiger partial charge is 0.107 e. The topological polar surface area (TPSA) is 28.7 Å². The molecule has 0 saturated heterocycles. The lowest BCUT2D eigenvalue weighted by Crippen LogP contribution is -2.05. The summed E-state index contributed by atoms with van der Waals surface area (Å²) in [6.45, 7) is 0. The number of benzene rings is 1. The van der Waals surface area contributed by atoms with E-state index in [2.05, 4.69) is 23.2 Å². The molecule has 1 radical (unpaired) electrons. The third kappa shape index (κ3) is 2.61. The predicted octanol–water partition coefficient (Wildman–Crippen LogP) is 4.91. The van der Waals surface area contributed by atoms with Crippen LogP contribution in [0.1, 0.15) is 68.7 Å². The van der Waals surface area contributed by atoms with Crippen molar-refractivity contribution in [2.75, 3.05) is 0 Å². The molecule has 0 bridgehead atoms. The Hall–Kier alpha value is -1.31. The van der Waals surface area contributed by atoms with Crippen LogP contribution in [0.25, 0.3) is 11.0 Å². The van der Waals surface area contributed by atoms with Crippen molar-refractivity contribution in [2.45, 2.75) is 63.7 Å². The Labute approximate surface area is 121 Å². The number of H-pyrrole nitrogens is 1. The Balaban J connectivity index is 1.46. The molecule has 1 N–H and O–H groups in total. The molecule has 2 heteroatoms. The van der Waals surface area contributed by atoms with E-state index in [0.717, 1.165) is 17.9 Å². The summed E-state index contributed by atoms with van der Waals surface area (Å²) in [6, 6.07) is 6.78. The first-order chi connectivity index (χ1) is 9.88. The molecular formula is C18H23N2. The molecule has 0 unspecified atom stereocenters. The number of fused-ring (bicyclic) bond motifs is 1. The quantitative estimate of drug-likeness (QED) is 0.837. The number of aryl methyl sites for hydroxylation is 1. The van der Waals surface area contributed by atoms with Crippen molar-refractivity contribution in [1.82, 2.24) is 9.97 Å². The minimum Gasteiger partial charge on any atom is -0.342 e. The SMILES string of the molecule is c1cc2[nH]c(CC[C]3CCCCC3)nc2cc1C1CC1. The van der Waals surface area contributed by atoms with Crippen LogP contribution in [-0.4, -0.2) is 9.97 Å². The van der Waals surface area contributed by atoms with Crippen LogP contribution in [0.2, 0.25) is 0 Å². The number of hydrogen-bond donors (Lipinski definition) is 1. The average molecular weight is 267 g/mol. The van der Waals surface area contributed by atoms with Crippen LogP contribution in [0, 0.1) is 5.92 Å². The van der Waals surface area contributed by atoms with Crippen LogP contribution in [0.15, 0.2) is 18.2 Å². The summed E-state index contributed by atoms with van der Waals surface area (Å²) < 4.78 is 0. The molecule has 2 aromatic rings. The highest BCUT2D eigenvalue weighted by atomic mass is 14.9. The second-order valence-corrected chi connectivity index (χ2v) is 6.55. The van der Waals surface area contributed by atoms with E-state index in [4.69, 9.17) is 4.98 Å². The van der Waals surface area contributed by atoms with Gasteiger partial charge in [0, 0.05) is 6.42 Å². The van der Waals surface area contributed by atoms with Gasteiger partial charge in [0.05, 0.1) is 11.0 Å². The van der Waals surface area contributed by atoms with Gasteiger partial charge in [0.25, 0.3) is 0 Å². The lowest BCUT2D eigenvalue weighted by atomic mass is 9.86.